The summed E-state index contributed by atoms with van der Waals surface area (Å²) in [6.07, 6.45) is 22.0. The van der Waals surface area contributed by atoms with Gasteiger partial charge in [-0.2, -0.15) is 0 Å². The van der Waals surface area contributed by atoms with Crippen LogP contribution in [0.15, 0.2) is 98.1 Å². The van der Waals surface area contributed by atoms with Gasteiger partial charge in [-0.3, -0.25) is 9.97 Å². The van der Waals surface area contributed by atoms with Gasteiger partial charge >= 0.3 is 24.4 Å². The lowest BCUT2D eigenvalue weighted by Crippen LogP contribution is -2.42. The summed E-state index contributed by atoms with van der Waals surface area (Å²) in [6, 6.07) is 18.9. The first kappa shape index (κ1) is 60.6. The molecule has 0 spiro atoms. The average molecular weight is 1230 g/mol. The molecule has 4 unspecified atom stereocenters. The molecule has 6 heterocycles. The predicted octanol–water partition coefficient (Wildman–Crippen LogP) is 14.0. The van der Waals surface area contributed by atoms with Crippen LogP contribution in [0, 0.1) is 11.8 Å². The number of piperidine rings is 2. The second-order valence-electron chi connectivity index (χ2n) is 26.7. The third-order valence-electron chi connectivity index (χ3n) is 18.5. The fourth-order valence-corrected chi connectivity index (χ4v) is 13.2. The average Bonchev–Trinajstić information content (AvgIpc) is 1.66. The van der Waals surface area contributed by atoms with Crippen molar-refractivity contribution in [1.29, 1.82) is 0 Å². The second kappa shape index (κ2) is 24.0. The summed E-state index contributed by atoms with van der Waals surface area (Å²) in [5.74, 6) is 0.381. The number of fused-ring (bicyclic) bond motifs is 4. The van der Waals surface area contributed by atoms with Gasteiger partial charge in [0, 0.05) is 74.5 Å². The minimum atomic E-state index is -0.560. The number of amides is 4. The maximum absolute atomic E-state index is 13.3. The maximum Gasteiger partial charge on any atom is 0.410 e. The van der Waals surface area contributed by atoms with E-state index < -0.39 is 41.1 Å². The highest BCUT2D eigenvalue weighted by Gasteiger charge is 2.46. The van der Waals surface area contributed by atoms with Crippen molar-refractivity contribution in [2.75, 3.05) is 26.2 Å². The zero-order valence-corrected chi connectivity index (χ0v) is 52.9. The van der Waals surface area contributed by atoms with Gasteiger partial charge in [-0.05, 0) is 211 Å². The number of likely N-dealkylation sites (tertiary alicyclic amines) is 2. The molecule has 3 saturated carbocycles. The van der Waals surface area contributed by atoms with Gasteiger partial charge in [-0.15, -0.1) is 0 Å². The number of carbonyl (C=O) groups is 4. The van der Waals surface area contributed by atoms with E-state index in [1.807, 2.05) is 118 Å². The summed E-state index contributed by atoms with van der Waals surface area (Å²) in [7, 11) is 3.83. The number of nitrogens with one attached hydrogen (secondary N) is 2. The van der Waals surface area contributed by atoms with Crippen molar-refractivity contribution < 1.29 is 38.1 Å². The van der Waals surface area contributed by atoms with Crippen LogP contribution in [0.25, 0.3) is 23.3 Å². The number of alkyl carbamates (subject to hydrolysis) is 2. The van der Waals surface area contributed by atoms with Crippen molar-refractivity contribution in [3.05, 3.63) is 164 Å². The molecule has 5 aliphatic carbocycles. The Morgan fingerprint density at radius 2 is 0.977 bits per heavy atom. The Labute approximate surface area is 524 Å². The number of halogens is 2. The highest BCUT2D eigenvalue weighted by atomic mass is 35.5. The number of imidazole rings is 2. The number of ether oxygens (including phenoxy) is 4. The molecule has 7 aliphatic rings. The lowest BCUT2D eigenvalue weighted by molar-refractivity contribution is 0.0177. The number of nitrogens with zero attached hydrogens (tertiary/aromatic N) is 8. The van der Waals surface area contributed by atoms with Crippen LogP contribution < -0.4 is 10.6 Å². The Kier molecular flexibility index (Phi) is 16.5. The van der Waals surface area contributed by atoms with E-state index in [1.165, 1.54) is 0 Å². The number of pyridine rings is 2. The van der Waals surface area contributed by atoms with E-state index in [0.29, 0.717) is 36.2 Å². The first-order valence-corrected chi connectivity index (χ1v) is 31.6. The molecule has 2 saturated heterocycles. The Balaban J connectivity index is 0.000000171. The summed E-state index contributed by atoms with van der Waals surface area (Å²) in [5, 5.41) is 7.54. The fourth-order valence-electron chi connectivity index (χ4n) is 12.9. The van der Waals surface area contributed by atoms with Gasteiger partial charge < -0.3 is 48.5 Å². The van der Waals surface area contributed by atoms with Gasteiger partial charge in [0.1, 0.15) is 22.4 Å². The summed E-state index contributed by atoms with van der Waals surface area (Å²) in [4.78, 5) is 74.6. The third-order valence-corrected chi connectivity index (χ3v) is 19.0. The number of aromatic nitrogens is 6. The van der Waals surface area contributed by atoms with Crippen molar-refractivity contribution in [2.45, 2.75) is 152 Å². The third kappa shape index (κ3) is 13.3. The highest BCUT2D eigenvalue weighted by Crippen LogP contribution is 2.51. The van der Waals surface area contributed by atoms with Gasteiger partial charge in [0.25, 0.3) is 0 Å². The van der Waals surface area contributed by atoms with Gasteiger partial charge in [-0.1, -0.05) is 47.5 Å². The van der Waals surface area contributed by atoms with Crippen LogP contribution in [0.2, 0.25) is 10.0 Å². The molecule has 2 aromatic carbocycles. The first-order valence-electron chi connectivity index (χ1n) is 30.8. The Morgan fingerprint density at radius 1 is 0.580 bits per heavy atom. The number of carbonyl (C=O) groups excluding carboxylic acids is 4. The smallest absolute Gasteiger partial charge is 0.410 e. The Hall–Kier alpha value is -7.70. The van der Waals surface area contributed by atoms with Crippen LogP contribution >= 0.6 is 23.2 Å². The van der Waals surface area contributed by atoms with Gasteiger partial charge in [-0.25, -0.2) is 29.1 Å². The molecule has 4 amide bonds. The van der Waals surface area contributed by atoms with Crippen molar-refractivity contribution >= 4 is 70.9 Å². The van der Waals surface area contributed by atoms with Crippen LogP contribution in [-0.2, 0) is 33.0 Å². The van der Waals surface area contributed by atoms with Crippen molar-refractivity contribution in [3.8, 4) is 0 Å². The maximum atomic E-state index is 13.3. The van der Waals surface area contributed by atoms with Gasteiger partial charge in [0.2, 0.25) is 0 Å². The number of hydrogen-bond acceptors (Lipinski definition) is 12. The van der Waals surface area contributed by atoms with E-state index in [0.717, 1.165) is 132 Å². The zero-order valence-electron chi connectivity index (χ0n) is 51.4. The molecule has 4 atom stereocenters. The Bertz CT molecular complexity index is 3480. The molecule has 13 rings (SSSR count). The number of rotatable bonds is 11. The van der Waals surface area contributed by atoms with E-state index >= 15 is 0 Å². The van der Waals surface area contributed by atoms with E-state index in [2.05, 4.69) is 57.0 Å². The van der Waals surface area contributed by atoms with Crippen molar-refractivity contribution in [2.24, 2.45) is 25.9 Å². The van der Waals surface area contributed by atoms with Crippen molar-refractivity contribution in [1.82, 2.24) is 49.5 Å². The standard InChI is InChI=1S/C34H38ClN5O4.C34H40ClN5O4/c1-33(10-11-33)43-31(41)38-30(27-19-36-20-39(27)3)26-17-22-5-4-14-37-29(22)28(24-7-6-23(35)18-25(24)26)21-8-15-40(16-9-21)32(42)44-34(2)12-13-34;1-33(2,3)44-32(42)40-15-10-21(11-16-40)28-24-9-8-23(35)18-25(24)26(17-22-7-6-14-37-29(22)28)30(27-19-36-20-39(27)5)38-31(41)43-34(4)12-13-34/h4-7,14,17-21,28,30H,8-13,15-16H2,1-3H3,(H,38,41);6-9,14,17-21,28,30H,10-13,15-16H2,1-5H3,(H,38,41). The van der Waals surface area contributed by atoms with Crippen LogP contribution in [-0.4, -0.2) is 112 Å². The molecular weight excluding hydrogens is 1160 g/mol. The number of hydrogen-bond donors (Lipinski definition) is 2. The summed E-state index contributed by atoms with van der Waals surface area (Å²) in [5.41, 5.74) is 9.73. The molecule has 0 radical (unpaired) electrons. The molecule has 88 heavy (non-hydrogen) atoms. The molecule has 0 bridgehead atoms. The second-order valence-corrected chi connectivity index (χ2v) is 27.6. The van der Waals surface area contributed by atoms with E-state index in [-0.39, 0.29) is 41.5 Å². The van der Waals surface area contributed by atoms with Gasteiger partial charge in [0.05, 0.1) is 59.9 Å². The quantitative estimate of drug-likeness (QED) is 0.117. The van der Waals surface area contributed by atoms with Crippen LogP contribution in [0.3, 0.4) is 0 Å². The van der Waals surface area contributed by atoms with E-state index in [1.54, 1.807) is 29.9 Å². The first-order chi connectivity index (χ1) is 42.0. The lowest BCUT2D eigenvalue weighted by atomic mass is 9.75. The Morgan fingerprint density at radius 3 is 1.35 bits per heavy atom. The SMILES string of the molecule is Cn1cncc1C(NC(=O)OC1(C)CC1)C1=Cc2cccnc2C(C2CCN(C(=O)OC(C)(C)C)CC2)c2ccc(Cl)cc21.Cn1cncc1C(NC(=O)OC1(C)CC1)C1=Cc2cccnc2C(C2CCN(C(=O)OC3(C)CC3)CC2)c2ccc(Cl)cc21. The van der Waals surface area contributed by atoms with Crippen LogP contribution in [0.5, 0.6) is 0 Å². The van der Waals surface area contributed by atoms with E-state index in [9.17, 15) is 19.2 Å². The minimum absolute atomic E-state index is 0.0316. The molecule has 4 aromatic heterocycles. The highest BCUT2D eigenvalue weighted by molar-refractivity contribution is 6.31. The van der Waals surface area contributed by atoms with Crippen LogP contribution in [0.1, 0.15) is 186 Å². The van der Waals surface area contributed by atoms with E-state index in [4.69, 9.17) is 52.1 Å². The monoisotopic (exact) mass is 1230 g/mol. The molecular formula is C68H78Cl2N10O8. The summed E-state index contributed by atoms with van der Waals surface area (Å²) in [6.45, 7) is 14.0. The molecule has 5 fully saturated rings. The molecule has 18 nitrogen and oxygen atoms in total. The summed E-state index contributed by atoms with van der Waals surface area (Å²) >= 11 is 13.4. The zero-order chi connectivity index (χ0) is 61.9. The van der Waals surface area contributed by atoms with Crippen molar-refractivity contribution in [3.63, 3.8) is 0 Å². The molecule has 6 aromatic rings. The lowest BCUT2D eigenvalue weighted by Gasteiger charge is -2.37. The molecule has 462 valence electrons. The minimum Gasteiger partial charge on any atom is -0.444 e. The fraction of sp³-hybridized carbons (Fsp3) is 0.471. The predicted molar refractivity (Wildman–Crippen MR) is 336 cm³/mol. The molecule has 2 aliphatic heterocycles. The summed E-state index contributed by atoms with van der Waals surface area (Å²) < 4.78 is 26.9. The largest absolute Gasteiger partial charge is 0.444 e. The normalized spacial score (nSPS) is 21.0. The number of aryl methyl sites for hydroxylation is 2. The van der Waals surface area contributed by atoms with Gasteiger partial charge in [0.15, 0.2) is 0 Å². The molecule has 2 N–H and O–H groups in total. The molecule has 20 heteroatoms. The topological polar surface area (TPSA) is 197 Å². The van der Waals surface area contributed by atoms with Crippen LogP contribution in [0.4, 0.5) is 19.2 Å². The number of benzene rings is 2.